The zero-order valence-electron chi connectivity index (χ0n) is 13.3. The van der Waals surface area contributed by atoms with E-state index in [1.54, 1.807) is 13.3 Å². The Hall–Kier alpha value is -1.92. The van der Waals surface area contributed by atoms with Gasteiger partial charge in [0, 0.05) is 24.8 Å². The lowest BCUT2D eigenvalue weighted by atomic mass is 10.2. The van der Waals surface area contributed by atoms with Crippen molar-refractivity contribution in [2.24, 2.45) is 0 Å². The number of nitrogens with zero attached hydrogens (tertiary/aromatic N) is 2. The van der Waals surface area contributed by atoms with E-state index in [0.717, 1.165) is 22.7 Å². The van der Waals surface area contributed by atoms with Crippen molar-refractivity contribution in [3.05, 3.63) is 35.3 Å². The molecule has 1 aromatic carbocycles. The largest absolute Gasteiger partial charge is 0.497 e. The average Bonchev–Trinajstić information content (AvgIpc) is 2.98. The molecule has 0 radical (unpaired) electrons. The molecule has 3 rings (SSSR count). The molecular weight excluding hydrogens is 312 g/mol. The number of aromatic nitrogens is 1. The highest BCUT2D eigenvalue weighted by atomic mass is 32.1. The van der Waals surface area contributed by atoms with Crippen molar-refractivity contribution >= 4 is 17.2 Å². The van der Waals surface area contributed by atoms with Crippen LogP contribution in [0.4, 0.5) is 0 Å². The van der Waals surface area contributed by atoms with E-state index < -0.39 is 0 Å². The molecule has 0 aliphatic carbocycles. The number of methoxy groups -OCH3 is 1. The molecule has 1 aromatic heterocycles. The molecule has 0 spiro atoms. The summed E-state index contributed by atoms with van der Waals surface area (Å²) in [4.78, 5) is 19.7. The van der Waals surface area contributed by atoms with E-state index in [0.29, 0.717) is 24.6 Å². The monoisotopic (exact) mass is 332 g/mol. The molecule has 1 aliphatic heterocycles. The van der Waals surface area contributed by atoms with Crippen LogP contribution in [0.5, 0.6) is 5.75 Å². The highest BCUT2D eigenvalue weighted by Gasteiger charge is 2.25. The molecule has 1 aliphatic rings. The minimum absolute atomic E-state index is 0.0419. The van der Waals surface area contributed by atoms with Gasteiger partial charge in [-0.3, -0.25) is 4.79 Å². The van der Waals surface area contributed by atoms with Gasteiger partial charge in [-0.05, 0) is 37.6 Å². The number of hydrogen-bond donors (Lipinski definition) is 0. The van der Waals surface area contributed by atoms with Crippen LogP contribution in [0.25, 0.3) is 10.6 Å². The molecule has 0 bridgehead atoms. The van der Waals surface area contributed by atoms with Crippen molar-refractivity contribution in [2.75, 3.05) is 26.9 Å². The van der Waals surface area contributed by atoms with Crippen LogP contribution in [0.2, 0.25) is 0 Å². The first-order chi connectivity index (χ1) is 11.2. The fourth-order valence-electron chi connectivity index (χ4n) is 2.58. The Balaban J connectivity index is 1.78. The summed E-state index contributed by atoms with van der Waals surface area (Å²) in [7, 11) is 1.64. The van der Waals surface area contributed by atoms with Gasteiger partial charge in [0.25, 0.3) is 5.91 Å². The fraction of sp³-hybridized carbons (Fsp3) is 0.412. The Labute approximate surface area is 139 Å². The Morgan fingerprint density at radius 3 is 2.87 bits per heavy atom. The van der Waals surface area contributed by atoms with E-state index >= 15 is 0 Å². The molecule has 1 saturated heterocycles. The zero-order chi connectivity index (χ0) is 16.2. The average molecular weight is 332 g/mol. The van der Waals surface area contributed by atoms with Gasteiger partial charge < -0.3 is 14.4 Å². The van der Waals surface area contributed by atoms with E-state index in [2.05, 4.69) is 11.9 Å². The first-order valence-corrected chi connectivity index (χ1v) is 8.49. The Morgan fingerprint density at radius 2 is 2.13 bits per heavy atom. The molecule has 1 fully saturated rings. The summed E-state index contributed by atoms with van der Waals surface area (Å²) in [5, 5.41) is 0.842. The van der Waals surface area contributed by atoms with Gasteiger partial charge in [0.05, 0.1) is 19.9 Å². The van der Waals surface area contributed by atoms with E-state index in [4.69, 9.17) is 9.47 Å². The number of carbonyl (C=O) groups is 1. The van der Waals surface area contributed by atoms with Gasteiger partial charge in [0.1, 0.15) is 15.6 Å². The molecule has 2 aromatic rings. The summed E-state index contributed by atoms with van der Waals surface area (Å²) in [6.45, 7) is 4.01. The summed E-state index contributed by atoms with van der Waals surface area (Å²) < 4.78 is 10.6. The molecule has 1 atom stereocenters. The maximum atomic E-state index is 12.7. The van der Waals surface area contributed by atoms with Crippen LogP contribution in [0.15, 0.2) is 30.5 Å². The van der Waals surface area contributed by atoms with Gasteiger partial charge in [-0.1, -0.05) is 0 Å². The first kappa shape index (κ1) is 16.0. The molecule has 0 N–H and O–H groups in total. The summed E-state index contributed by atoms with van der Waals surface area (Å²) >= 11 is 1.43. The molecule has 23 heavy (non-hydrogen) atoms. The number of benzene rings is 1. The summed E-state index contributed by atoms with van der Waals surface area (Å²) in [5.41, 5.74) is 0.988. The number of amides is 1. The standard InChI is InChI=1S/C17H20N2O3S/c1-12-7-9-22-10-8-19(12)17(20)15-11-18-16(23-15)13-3-5-14(21-2)6-4-13/h3-6,11-12H,7-10H2,1-2H3. The highest BCUT2D eigenvalue weighted by Crippen LogP contribution is 2.28. The molecule has 0 saturated carbocycles. The van der Waals surface area contributed by atoms with Crippen molar-refractivity contribution in [1.29, 1.82) is 0 Å². The number of ether oxygens (including phenoxy) is 2. The van der Waals surface area contributed by atoms with E-state index in [-0.39, 0.29) is 11.9 Å². The van der Waals surface area contributed by atoms with Crippen molar-refractivity contribution in [1.82, 2.24) is 9.88 Å². The Bertz CT molecular complexity index is 669. The minimum atomic E-state index is 0.0419. The molecule has 5 nitrogen and oxygen atoms in total. The van der Waals surface area contributed by atoms with Crippen molar-refractivity contribution < 1.29 is 14.3 Å². The zero-order valence-corrected chi connectivity index (χ0v) is 14.1. The third kappa shape index (κ3) is 3.54. The molecule has 122 valence electrons. The molecule has 1 amide bonds. The van der Waals surface area contributed by atoms with Crippen LogP contribution in [-0.2, 0) is 4.74 Å². The van der Waals surface area contributed by atoms with E-state index in [1.807, 2.05) is 29.2 Å². The lowest BCUT2D eigenvalue weighted by molar-refractivity contribution is 0.0692. The lowest BCUT2D eigenvalue weighted by Crippen LogP contribution is -2.38. The van der Waals surface area contributed by atoms with E-state index in [1.165, 1.54) is 11.3 Å². The third-order valence-electron chi connectivity index (χ3n) is 4.00. The number of carbonyl (C=O) groups excluding carboxylic acids is 1. The molecule has 2 heterocycles. The second-order valence-corrected chi connectivity index (χ2v) is 6.54. The van der Waals surface area contributed by atoms with Gasteiger partial charge in [-0.15, -0.1) is 11.3 Å². The first-order valence-electron chi connectivity index (χ1n) is 7.68. The quantitative estimate of drug-likeness (QED) is 0.867. The predicted molar refractivity (Wildman–Crippen MR) is 90.0 cm³/mol. The van der Waals surface area contributed by atoms with Gasteiger partial charge in [0.15, 0.2) is 0 Å². The Kier molecular flexibility index (Phi) is 4.93. The van der Waals surface area contributed by atoms with Crippen LogP contribution in [0.3, 0.4) is 0 Å². The van der Waals surface area contributed by atoms with Crippen molar-refractivity contribution in [3.8, 4) is 16.3 Å². The second-order valence-electron chi connectivity index (χ2n) is 5.51. The normalized spacial score (nSPS) is 18.5. The van der Waals surface area contributed by atoms with Gasteiger partial charge in [0.2, 0.25) is 0 Å². The third-order valence-corrected chi connectivity index (χ3v) is 5.04. The SMILES string of the molecule is COc1ccc(-c2ncc(C(=O)N3CCOCCC3C)s2)cc1. The summed E-state index contributed by atoms with van der Waals surface area (Å²) in [6, 6.07) is 7.89. The number of hydrogen-bond acceptors (Lipinski definition) is 5. The van der Waals surface area contributed by atoms with Crippen LogP contribution in [0, 0.1) is 0 Å². The molecule has 6 heteroatoms. The maximum Gasteiger partial charge on any atom is 0.265 e. The van der Waals surface area contributed by atoms with Crippen LogP contribution < -0.4 is 4.74 Å². The van der Waals surface area contributed by atoms with E-state index in [9.17, 15) is 4.79 Å². The van der Waals surface area contributed by atoms with Crippen molar-refractivity contribution in [2.45, 2.75) is 19.4 Å². The molecule has 1 unspecified atom stereocenters. The number of thiazole rings is 1. The number of rotatable bonds is 3. The van der Waals surface area contributed by atoms with Gasteiger partial charge in [-0.25, -0.2) is 4.98 Å². The fourth-order valence-corrected chi connectivity index (χ4v) is 3.46. The maximum absolute atomic E-state index is 12.7. The highest BCUT2D eigenvalue weighted by molar-refractivity contribution is 7.16. The molecular formula is C17H20N2O3S. The van der Waals surface area contributed by atoms with Crippen LogP contribution in [-0.4, -0.2) is 48.7 Å². The van der Waals surface area contributed by atoms with Crippen molar-refractivity contribution in [3.63, 3.8) is 0 Å². The topological polar surface area (TPSA) is 51.7 Å². The Morgan fingerprint density at radius 1 is 1.35 bits per heavy atom. The summed E-state index contributed by atoms with van der Waals surface area (Å²) in [5.74, 6) is 0.847. The van der Waals surface area contributed by atoms with Crippen LogP contribution in [0.1, 0.15) is 23.0 Å². The second kappa shape index (κ2) is 7.10. The smallest absolute Gasteiger partial charge is 0.265 e. The van der Waals surface area contributed by atoms with Crippen LogP contribution >= 0.6 is 11.3 Å². The van der Waals surface area contributed by atoms with Gasteiger partial charge in [-0.2, -0.15) is 0 Å². The van der Waals surface area contributed by atoms with Gasteiger partial charge >= 0.3 is 0 Å². The summed E-state index contributed by atoms with van der Waals surface area (Å²) in [6.07, 6.45) is 2.54. The lowest BCUT2D eigenvalue weighted by Gasteiger charge is -2.25. The predicted octanol–water partition coefficient (Wildman–Crippen LogP) is 3.07. The minimum Gasteiger partial charge on any atom is -0.497 e.